The lowest BCUT2D eigenvalue weighted by Crippen LogP contribution is -2.58. The Morgan fingerprint density at radius 1 is 0.964 bits per heavy atom. The van der Waals surface area contributed by atoms with Gasteiger partial charge in [0.1, 0.15) is 29.3 Å². The zero-order valence-electron chi connectivity index (χ0n) is 31.5. The zero-order chi connectivity index (χ0) is 40.4. The second-order valence-corrected chi connectivity index (χ2v) is 17.4. The molecule has 0 radical (unpaired) electrons. The first-order valence-corrected chi connectivity index (χ1v) is 20.2. The average Bonchev–Trinajstić information content (AvgIpc) is 3.42. The van der Waals surface area contributed by atoms with Crippen LogP contribution in [-0.4, -0.2) is 95.1 Å². The number of allylic oxidation sites excluding steroid dienone is 1. The van der Waals surface area contributed by atoms with Crippen LogP contribution in [0.15, 0.2) is 65.6 Å². The highest BCUT2D eigenvalue weighted by molar-refractivity contribution is 7.90. The van der Waals surface area contributed by atoms with Gasteiger partial charge in [0.15, 0.2) is 0 Å². The van der Waals surface area contributed by atoms with Crippen LogP contribution < -0.4 is 15.4 Å². The molecule has 0 unspecified atom stereocenters. The van der Waals surface area contributed by atoms with Crippen molar-refractivity contribution < 1.29 is 51.8 Å². The minimum absolute atomic E-state index is 0.0615. The first-order chi connectivity index (χ1) is 26.5. The molecule has 1 aliphatic carbocycles. The van der Waals surface area contributed by atoms with Crippen LogP contribution in [0.5, 0.6) is 0 Å². The van der Waals surface area contributed by atoms with Crippen LogP contribution in [-0.2, 0) is 47.0 Å². The highest BCUT2D eigenvalue weighted by Crippen LogP contribution is 2.46. The number of nitrogens with one attached hydrogen (secondary N) is 3. The highest BCUT2D eigenvalue weighted by atomic mass is 32.2. The molecule has 1 saturated heterocycles. The van der Waals surface area contributed by atoms with Crippen molar-refractivity contribution in [2.75, 3.05) is 6.54 Å². The molecule has 0 bridgehead atoms. The van der Waals surface area contributed by atoms with E-state index in [1.54, 1.807) is 26.8 Å². The minimum Gasteiger partial charge on any atom is -0.478 e. The summed E-state index contributed by atoms with van der Waals surface area (Å²) in [4.78, 5) is 82.7. The summed E-state index contributed by atoms with van der Waals surface area (Å²) in [5, 5.41) is 14.6. The maximum Gasteiger partial charge on any atom is 0.410 e. The van der Waals surface area contributed by atoms with Gasteiger partial charge in [-0.3, -0.25) is 19.3 Å². The molecule has 2 fully saturated rings. The van der Waals surface area contributed by atoms with Gasteiger partial charge in [-0.25, -0.2) is 27.5 Å². The van der Waals surface area contributed by atoms with Crippen LogP contribution in [0.4, 0.5) is 9.59 Å². The van der Waals surface area contributed by atoms with E-state index in [0.29, 0.717) is 38.8 Å². The number of carbonyl (C=O) groups is 6. The average molecular weight is 794 g/mol. The third-order valence-electron chi connectivity index (χ3n) is 10.3. The second-order valence-electron chi connectivity index (χ2n) is 15.7. The fourth-order valence-electron chi connectivity index (χ4n) is 7.34. The van der Waals surface area contributed by atoms with Gasteiger partial charge >= 0.3 is 18.2 Å². The van der Waals surface area contributed by atoms with Crippen LogP contribution in [0.25, 0.3) is 0 Å². The van der Waals surface area contributed by atoms with E-state index >= 15 is 0 Å². The lowest BCUT2D eigenvalue weighted by atomic mass is 10.0. The van der Waals surface area contributed by atoms with Crippen molar-refractivity contribution in [3.63, 3.8) is 0 Å². The van der Waals surface area contributed by atoms with E-state index in [4.69, 9.17) is 9.47 Å². The minimum atomic E-state index is -4.50. The van der Waals surface area contributed by atoms with Gasteiger partial charge in [0.05, 0.1) is 17.0 Å². The molecule has 3 aliphatic heterocycles. The number of ether oxygens (including phenoxy) is 2. The molecule has 5 amide bonds. The molecular weight excluding hydrogens is 747 g/mol. The van der Waals surface area contributed by atoms with Crippen LogP contribution in [0.3, 0.4) is 0 Å². The topological polar surface area (TPSA) is 218 Å². The third kappa shape index (κ3) is 9.15. The predicted octanol–water partition coefficient (Wildman–Crippen LogP) is 3.60. The Morgan fingerprint density at radius 3 is 2.29 bits per heavy atom. The monoisotopic (exact) mass is 793 g/mol. The fraction of sp³-hybridized carbons (Fsp3) is 0.487. The first kappa shape index (κ1) is 40.2. The van der Waals surface area contributed by atoms with E-state index in [1.807, 2.05) is 35.1 Å². The number of hydrogen-bond acceptors (Lipinski definition) is 10. The van der Waals surface area contributed by atoms with Crippen molar-refractivity contribution in [1.82, 2.24) is 25.2 Å². The molecule has 0 aromatic heterocycles. The molecule has 16 nitrogen and oxygen atoms in total. The third-order valence-corrected chi connectivity index (χ3v) is 11.7. The van der Waals surface area contributed by atoms with E-state index < -0.39 is 81.1 Å². The molecule has 300 valence electrons. The molecule has 56 heavy (non-hydrogen) atoms. The molecule has 5 atom stereocenters. The van der Waals surface area contributed by atoms with Crippen molar-refractivity contribution in [1.29, 1.82) is 0 Å². The van der Waals surface area contributed by atoms with E-state index in [1.165, 1.54) is 9.80 Å². The van der Waals surface area contributed by atoms with Crippen LogP contribution >= 0.6 is 0 Å². The number of fused-ring (bicyclic) bond motifs is 3. The number of benzene rings is 2. The van der Waals surface area contributed by atoms with Crippen molar-refractivity contribution >= 4 is 45.9 Å². The molecule has 6 rings (SSSR count). The SMILES string of the molecule is CC(C)(C)OC(=O)N[C@H]1CCCCCC=C[C@@H]2C[C@@]2(C(=O)NS(=O)(=O)c2ccc(C(=O)O)cc2)NC(=O)[C@@H]2C[C@@H](OC(=O)N3Cc4ccccc4C3)CN2C1=O. The molecule has 3 heterocycles. The summed E-state index contributed by atoms with van der Waals surface area (Å²) in [7, 11) is -4.50. The van der Waals surface area contributed by atoms with Crippen LogP contribution in [0.1, 0.15) is 87.2 Å². The Balaban J connectivity index is 1.26. The van der Waals surface area contributed by atoms with Gasteiger partial charge in [0, 0.05) is 25.4 Å². The summed E-state index contributed by atoms with van der Waals surface area (Å²) in [6, 6.07) is 9.54. The maximum atomic E-state index is 14.4. The van der Waals surface area contributed by atoms with Gasteiger partial charge in [-0.2, -0.15) is 0 Å². The summed E-state index contributed by atoms with van der Waals surface area (Å²) in [6.45, 7) is 5.54. The van der Waals surface area contributed by atoms with E-state index in [0.717, 1.165) is 35.4 Å². The number of carboxylic acid groups (broad SMARTS) is 1. The molecule has 0 spiro atoms. The summed E-state index contributed by atoms with van der Waals surface area (Å²) >= 11 is 0. The summed E-state index contributed by atoms with van der Waals surface area (Å²) in [5.74, 6) is -4.23. The molecule has 2 aromatic rings. The predicted molar refractivity (Wildman–Crippen MR) is 199 cm³/mol. The maximum absolute atomic E-state index is 14.4. The Kier molecular flexibility index (Phi) is 11.5. The van der Waals surface area contributed by atoms with E-state index in [-0.39, 0.29) is 36.3 Å². The Hall–Kier alpha value is -5.45. The number of carboxylic acids is 1. The largest absolute Gasteiger partial charge is 0.478 e. The van der Waals surface area contributed by atoms with Gasteiger partial charge in [0.25, 0.3) is 15.9 Å². The number of rotatable bonds is 6. The molecule has 4 N–H and O–H groups in total. The van der Waals surface area contributed by atoms with Gasteiger partial charge in [0.2, 0.25) is 11.8 Å². The van der Waals surface area contributed by atoms with Crippen molar-refractivity contribution in [3.05, 3.63) is 77.4 Å². The quantitative estimate of drug-likeness (QED) is 0.310. The Morgan fingerprint density at radius 2 is 1.64 bits per heavy atom. The fourth-order valence-corrected chi connectivity index (χ4v) is 8.38. The molecule has 4 aliphatic rings. The molecular formula is C39H47N5O11S. The lowest BCUT2D eigenvalue weighted by Gasteiger charge is -2.30. The summed E-state index contributed by atoms with van der Waals surface area (Å²) in [6.07, 6.45) is 3.99. The zero-order valence-corrected chi connectivity index (χ0v) is 32.3. The first-order valence-electron chi connectivity index (χ1n) is 18.7. The number of carbonyl (C=O) groups excluding carboxylic acids is 5. The van der Waals surface area contributed by atoms with Gasteiger partial charge < -0.3 is 30.1 Å². The van der Waals surface area contributed by atoms with Crippen LogP contribution in [0, 0.1) is 5.92 Å². The van der Waals surface area contributed by atoms with Gasteiger partial charge in [-0.05, 0) is 81.8 Å². The van der Waals surface area contributed by atoms with Crippen LogP contribution in [0.2, 0.25) is 0 Å². The van der Waals surface area contributed by atoms with Gasteiger partial charge in [-0.1, -0.05) is 49.3 Å². The smallest absolute Gasteiger partial charge is 0.410 e. The number of amides is 5. The van der Waals surface area contributed by atoms with Crippen molar-refractivity contribution in [2.45, 2.75) is 113 Å². The summed E-state index contributed by atoms with van der Waals surface area (Å²) in [5.41, 5.74) is -0.755. The Bertz CT molecular complexity index is 2000. The lowest BCUT2D eigenvalue weighted by molar-refractivity contribution is -0.141. The van der Waals surface area contributed by atoms with Gasteiger partial charge in [-0.15, -0.1) is 0 Å². The van der Waals surface area contributed by atoms with Crippen molar-refractivity contribution in [3.8, 4) is 0 Å². The number of nitrogens with zero attached hydrogens (tertiary/aromatic N) is 2. The Labute approximate surface area is 325 Å². The van der Waals surface area contributed by atoms with E-state index in [9.17, 15) is 42.3 Å². The standard InChI is InChI=1S/C39H47N5O11S/c1-38(2,3)55-36(50)40-30-14-8-6-4-5-7-13-27-20-39(27,35(49)42-56(52,53)29-17-15-24(16-18-29)34(47)48)41-32(45)31-19-28(23-44(31)33(30)46)54-37(51)43-21-25-11-9-10-12-26(25)22-43/h7,9-13,15-18,27-28,30-31H,4-6,8,14,19-23H2,1-3H3,(H,40,50)(H,41,45)(H,42,49)(H,47,48)/t27-,28-,30+,31+,39-/m1/s1. The summed E-state index contributed by atoms with van der Waals surface area (Å²) < 4.78 is 40.0. The number of aromatic carboxylic acids is 1. The molecule has 17 heteroatoms. The number of hydrogen-bond donors (Lipinski definition) is 4. The molecule has 2 aromatic carbocycles. The molecule has 1 saturated carbocycles. The number of sulfonamides is 1. The number of alkyl carbamates (subject to hydrolysis) is 1. The van der Waals surface area contributed by atoms with E-state index in [2.05, 4.69) is 10.6 Å². The van der Waals surface area contributed by atoms with Crippen molar-refractivity contribution in [2.24, 2.45) is 5.92 Å². The highest BCUT2D eigenvalue weighted by Gasteiger charge is 2.61. The normalized spacial score (nSPS) is 25.3. The second kappa shape index (κ2) is 16.0.